The molecule has 0 saturated heterocycles. The van der Waals surface area contributed by atoms with Crippen LogP contribution in [0, 0.1) is 5.82 Å². The average molecular weight is 364 g/mol. The fourth-order valence-electron chi connectivity index (χ4n) is 2.51. The highest BCUT2D eigenvalue weighted by Crippen LogP contribution is 2.23. The van der Waals surface area contributed by atoms with Crippen molar-refractivity contribution >= 4 is 15.9 Å². The van der Waals surface area contributed by atoms with Crippen LogP contribution < -0.4 is 0 Å². The molecule has 0 aliphatic rings. The van der Waals surface area contributed by atoms with E-state index >= 15 is 0 Å². The molecule has 2 rings (SSSR count). The van der Waals surface area contributed by atoms with E-state index in [4.69, 9.17) is 0 Å². The number of nitrogens with zero attached hydrogens (tertiary/aromatic N) is 1. The van der Waals surface area contributed by atoms with E-state index in [0.29, 0.717) is 4.47 Å². The number of benzene rings is 1. The van der Waals surface area contributed by atoms with Crippen molar-refractivity contribution in [3.8, 4) is 11.3 Å². The largest absolute Gasteiger partial charge is 0.256 e. The second-order valence-electron chi connectivity index (χ2n) is 5.70. The standard InChI is InChI=1S/C19H23BrFN/c1-2-3-4-5-6-7-8-15-9-12-19(22-14-15)16-10-11-17(20)18(21)13-16/h9-14H,2-8H2,1H3. The van der Waals surface area contributed by atoms with E-state index in [1.165, 1.54) is 50.2 Å². The first kappa shape index (κ1) is 17.1. The molecule has 1 nitrogen and oxygen atoms in total. The number of aromatic nitrogens is 1. The molecule has 0 N–H and O–H groups in total. The number of pyridine rings is 1. The third kappa shape index (κ3) is 5.20. The molecule has 0 radical (unpaired) electrons. The van der Waals surface area contributed by atoms with E-state index in [0.717, 1.165) is 17.7 Å². The molecule has 0 aliphatic carbocycles. The molecule has 2 aromatic rings. The normalized spacial score (nSPS) is 10.9. The second kappa shape index (κ2) is 9.04. The number of unbranched alkanes of at least 4 members (excludes halogenated alkanes) is 5. The van der Waals surface area contributed by atoms with Crippen LogP contribution in [-0.4, -0.2) is 4.98 Å². The summed E-state index contributed by atoms with van der Waals surface area (Å²) in [6.07, 6.45) is 10.8. The van der Waals surface area contributed by atoms with Crippen LogP contribution in [0.4, 0.5) is 4.39 Å². The molecule has 3 heteroatoms. The molecule has 1 aromatic heterocycles. The van der Waals surface area contributed by atoms with Crippen LogP contribution in [0.1, 0.15) is 51.0 Å². The Morgan fingerprint density at radius 1 is 1.00 bits per heavy atom. The number of halogens is 2. The van der Waals surface area contributed by atoms with Crippen LogP contribution in [0.2, 0.25) is 0 Å². The van der Waals surface area contributed by atoms with Gasteiger partial charge in [0.15, 0.2) is 0 Å². The van der Waals surface area contributed by atoms with Crippen LogP contribution in [0.15, 0.2) is 41.0 Å². The van der Waals surface area contributed by atoms with E-state index in [-0.39, 0.29) is 5.82 Å². The Hall–Kier alpha value is -1.22. The zero-order chi connectivity index (χ0) is 15.8. The fraction of sp³-hybridized carbons (Fsp3) is 0.421. The molecule has 0 bridgehead atoms. The topological polar surface area (TPSA) is 12.9 Å². The maximum absolute atomic E-state index is 13.6. The van der Waals surface area contributed by atoms with Crippen molar-refractivity contribution in [1.82, 2.24) is 4.98 Å². The van der Waals surface area contributed by atoms with E-state index in [1.54, 1.807) is 6.07 Å². The molecule has 0 amide bonds. The summed E-state index contributed by atoms with van der Waals surface area (Å²) >= 11 is 3.17. The van der Waals surface area contributed by atoms with Crippen molar-refractivity contribution < 1.29 is 4.39 Å². The Morgan fingerprint density at radius 2 is 1.77 bits per heavy atom. The summed E-state index contributed by atoms with van der Waals surface area (Å²) in [5, 5.41) is 0. The summed E-state index contributed by atoms with van der Waals surface area (Å²) in [6, 6.07) is 9.20. The minimum Gasteiger partial charge on any atom is -0.256 e. The van der Waals surface area contributed by atoms with Gasteiger partial charge in [0.25, 0.3) is 0 Å². The maximum Gasteiger partial charge on any atom is 0.138 e. The lowest BCUT2D eigenvalue weighted by molar-refractivity contribution is 0.607. The molecule has 118 valence electrons. The second-order valence-corrected chi connectivity index (χ2v) is 6.55. The molecule has 22 heavy (non-hydrogen) atoms. The lowest BCUT2D eigenvalue weighted by Crippen LogP contribution is -1.90. The first-order valence-corrected chi connectivity index (χ1v) is 8.90. The summed E-state index contributed by atoms with van der Waals surface area (Å²) in [4.78, 5) is 4.47. The molecule has 0 fully saturated rings. The van der Waals surface area contributed by atoms with Gasteiger partial charge in [-0.15, -0.1) is 0 Å². The predicted molar refractivity (Wildman–Crippen MR) is 94.4 cm³/mol. The number of rotatable bonds is 8. The monoisotopic (exact) mass is 363 g/mol. The first-order chi connectivity index (χ1) is 10.7. The quantitative estimate of drug-likeness (QED) is 0.484. The molecule has 0 spiro atoms. The van der Waals surface area contributed by atoms with Gasteiger partial charge >= 0.3 is 0 Å². The van der Waals surface area contributed by atoms with Crippen LogP contribution in [0.25, 0.3) is 11.3 Å². The summed E-state index contributed by atoms with van der Waals surface area (Å²) in [5.74, 6) is -0.254. The Labute approximate surface area is 141 Å². The van der Waals surface area contributed by atoms with Crippen LogP contribution in [-0.2, 0) is 6.42 Å². The highest BCUT2D eigenvalue weighted by molar-refractivity contribution is 9.10. The van der Waals surface area contributed by atoms with E-state index < -0.39 is 0 Å². The van der Waals surface area contributed by atoms with Gasteiger partial charge in [-0.3, -0.25) is 4.98 Å². The van der Waals surface area contributed by atoms with Gasteiger partial charge in [-0.05, 0) is 52.5 Å². The van der Waals surface area contributed by atoms with Gasteiger partial charge in [-0.25, -0.2) is 4.39 Å². The summed E-state index contributed by atoms with van der Waals surface area (Å²) in [5.41, 5.74) is 2.89. The van der Waals surface area contributed by atoms with Gasteiger partial charge in [0.05, 0.1) is 10.2 Å². The van der Waals surface area contributed by atoms with Crippen LogP contribution >= 0.6 is 15.9 Å². The Kier molecular flexibility index (Phi) is 7.04. The number of hydrogen-bond acceptors (Lipinski definition) is 1. The summed E-state index contributed by atoms with van der Waals surface area (Å²) < 4.78 is 14.0. The highest BCUT2D eigenvalue weighted by atomic mass is 79.9. The molecule has 0 unspecified atom stereocenters. The van der Waals surface area contributed by atoms with Gasteiger partial charge < -0.3 is 0 Å². The van der Waals surface area contributed by atoms with Gasteiger partial charge in [0, 0.05) is 11.8 Å². The minimum atomic E-state index is -0.254. The molecular formula is C19H23BrFN. The lowest BCUT2D eigenvalue weighted by atomic mass is 10.1. The fourth-order valence-corrected chi connectivity index (χ4v) is 2.75. The van der Waals surface area contributed by atoms with E-state index in [9.17, 15) is 4.39 Å². The summed E-state index contributed by atoms with van der Waals surface area (Å²) in [6.45, 7) is 2.24. The Bertz CT molecular complexity index is 580. The molecular weight excluding hydrogens is 341 g/mol. The zero-order valence-corrected chi connectivity index (χ0v) is 14.7. The third-order valence-corrected chi connectivity index (χ3v) is 4.50. The van der Waals surface area contributed by atoms with Gasteiger partial charge in [0.2, 0.25) is 0 Å². The lowest BCUT2D eigenvalue weighted by Gasteiger charge is -2.05. The molecule has 0 atom stereocenters. The van der Waals surface area contributed by atoms with Crippen molar-refractivity contribution in [2.45, 2.75) is 51.9 Å². The van der Waals surface area contributed by atoms with Crippen molar-refractivity contribution in [2.24, 2.45) is 0 Å². The van der Waals surface area contributed by atoms with E-state index in [1.807, 2.05) is 18.3 Å². The molecule has 1 heterocycles. The average Bonchev–Trinajstić information content (AvgIpc) is 2.54. The van der Waals surface area contributed by atoms with Crippen LogP contribution in [0.3, 0.4) is 0 Å². The number of hydrogen-bond donors (Lipinski definition) is 0. The molecule has 0 aliphatic heterocycles. The van der Waals surface area contributed by atoms with Crippen molar-refractivity contribution in [3.63, 3.8) is 0 Å². The Morgan fingerprint density at radius 3 is 2.45 bits per heavy atom. The number of aryl methyl sites for hydroxylation is 1. The Balaban J connectivity index is 1.86. The van der Waals surface area contributed by atoms with Gasteiger partial charge in [-0.2, -0.15) is 0 Å². The molecule has 1 aromatic carbocycles. The van der Waals surface area contributed by atoms with Crippen molar-refractivity contribution in [3.05, 3.63) is 52.4 Å². The minimum absolute atomic E-state index is 0.254. The summed E-state index contributed by atoms with van der Waals surface area (Å²) in [7, 11) is 0. The van der Waals surface area contributed by atoms with Crippen molar-refractivity contribution in [2.75, 3.05) is 0 Å². The smallest absolute Gasteiger partial charge is 0.138 e. The predicted octanol–water partition coefficient (Wildman–Crippen LogP) is 6.55. The van der Waals surface area contributed by atoms with E-state index in [2.05, 4.69) is 33.9 Å². The highest BCUT2D eigenvalue weighted by Gasteiger charge is 2.04. The van der Waals surface area contributed by atoms with Gasteiger partial charge in [-0.1, -0.05) is 51.2 Å². The maximum atomic E-state index is 13.6. The zero-order valence-electron chi connectivity index (χ0n) is 13.1. The SMILES string of the molecule is CCCCCCCCc1ccc(-c2ccc(Br)c(F)c2)nc1. The van der Waals surface area contributed by atoms with Gasteiger partial charge in [0.1, 0.15) is 5.82 Å². The molecule has 0 saturated carbocycles. The van der Waals surface area contributed by atoms with Crippen LogP contribution in [0.5, 0.6) is 0 Å². The third-order valence-electron chi connectivity index (χ3n) is 3.86. The van der Waals surface area contributed by atoms with Crippen molar-refractivity contribution in [1.29, 1.82) is 0 Å². The first-order valence-electron chi connectivity index (χ1n) is 8.11.